The summed E-state index contributed by atoms with van der Waals surface area (Å²) in [6, 6.07) is 5.87. The first kappa shape index (κ1) is 11.0. The lowest BCUT2D eigenvalue weighted by Gasteiger charge is -2.24. The van der Waals surface area contributed by atoms with Gasteiger partial charge in [-0.3, -0.25) is 4.79 Å². The number of hydrogen-bond donors (Lipinski definition) is 2. The van der Waals surface area contributed by atoms with E-state index in [4.69, 9.17) is 16.2 Å². The van der Waals surface area contributed by atoms with Crippen molar-refractivity contribution in [3.05, 3.63) is 29.3 Å². The van der Waals surface area contributed by atoms with Crippen LogP contribution in [0, 0.1) is 0 Å². The van der Waals surface area contributed by atoms with Crippen LogP contribution in [0.4, 0.5) is 0 Å². The van der Waals surface area contributed by atoms with E-state index in [-0.39, 0.29) is 12.6 Å². The van der Waals surface area contributed by atoms with Gasteiger partial charge in [-0.15, -0.1) is 0 Å². The molecule has 0 spiro atoms. The number of benzene rings is 1. The Bertz CT molecular complexity index is 404. The van der Waals surface area contributed by atoms with E-state index in [1.54, 1.807) is 0 Å². The molecule has 2 rings (SSSR count). The molecule has 0 radical (unpaired) electrons. The van der Waals surface area contributed by atoms with Crippen LogP contribution in [0.1, 0.15) is 30.0 Å². The van der Waals surface area contributed by atoms with Crippen LogP contribution in [0.25, 0.3) is 0 Å². The molecule has 1 aliphatic carbocycles. The molecule has 1 aromatic rings. The van der Waals surface area contributed by atoms with Gasteiger partial charge in [-0.1, -0.05) is 12.1 Å². The second-order valence-electron chi connectivity index (χ2n) is 4.08. The highest BCUT2D eigenvalue weighted by Crippen LogP contribution is 2.33. The fraction of sp³-hybridized carbons (Fsp3) is 0.417. The topological polar surface area (TPSA) is 78.3 Å². The molecule has 4 nitrogen and oxygen atoms in total. The van der Waals surface area contributed by atoms with Gasteiger partial charge in [0, 0.05) is 6.04 Å². The number of rotatable bonds is 3. The smallest absolute Gasteiger partial charge is 0.255 e. The van der Waals surface area contributed by atoms with E-state index in [0.29, 0.717) is 0 Å². The summed E-state index contributed by atoms with van der Waals surface area (Å²) in [4.78, 5) is 10.7. The monoisotopic (exact) mass is 220 g/mol. The third-order valence-corrected chi connectivity index (χ3v) is 2.88. The zero-order valence-corrected chi connectivity index (χ0v) is 9.11. The summed E-state index contributed by atoms with van der Waals surface area (Å²) in [6.45, 7) is -0.0777. The minimum atomic E-state index is -0.460. The van der Waals surface area contributed by atoms with Gasteiger partial charge in [0.15, 0.2) is 6.61 Å². The first-order valence-electron chi connectivity index (χ1n) is 5.47. The molecule has 1 amide bonds. The predicted octanol–water partition coefficient (Wildman–Crippen LogP) is 0.887. The number of nitrogens with two attached hydrogens (primary N) is 2. The summed E-state index contributed by atoms with van der Waals surface area (Å²) >= 11 is 0. The van der Waals surface area contributed by atoms with Crippen LogP contribution >= 0.6 is 0 Å². The van der Waals surface area contributed by atoms with Crippen molar-refractivity contribution in [3.63, 3.8) is 0 Å². The van der Waals surface area contributed by atoms with Crippen LogP contribution < -0.4 is 16.2 Å². The van der Waals surface area contributed by atoms with E-state index in [0.717, 1.165) is 36.1 Å². The zero-order valence-electron chi connectivity index (χ0n) is 9.11. The minimum absolute atomic E-state index is 0.0777. The average Bonchev–Trinajstić information content (AvgIpc) is 2.27. The van der Waals surface area contributed by atoms with Gasteiger partial charge in [0.1, 0.15) is 5.75 Å². The van der Waals surface area contributed by atoms with Gasteiger partial charge in [0.25, 0.3) is 5.91 Å². The largest absolute Gasteiger partial charge is 0.483 e. The van der Waals surface area contributed by atoms with Gasteiger partial charge in [0.2, 0.25) is 0 Å². The van der Waals surface area contributed by atoms with Crippen LogP contribution in [-0.4, -0.2) is 12.5 Å². The highest BCUT2D eigenvalue weighted by Gasteiger charge is 2.19. The van der Waals surface area contributed by atoms with Crippen molar-refractivity contribution >= 4 is 5.91 Å². The van der Waals surface area contributed by atoms with Crippen LogP contribution in [0.15, 0.2) is 18.2 Å². The van der Waals surface area contributed by atoms with E-state index < -0.39 is 5.91 Å². The summed E-state index contributed by atoms with van der Waals surface area (Å²) in [5.74, 6) is 0.282. The van der Waals surface area contributed by atoms with Crippen LogP contribution in [-0.2, 0) is 11.2 Å². The maximum Gasteiger partial charge on any atom is 0.255 e. The molecule has 86 valence electrons. The van der Waals surface area contributed by atoms with Gasteiger partial charge in [-0.25, -0.2) is 0 Å². The van der Waals surface area contributed by atoms with Gasteiger partial charge in [-0.05, 0) is 36.5 Å². The fourth-order valence-electron chi connectivity index (χ4n) is 2.14. The maximum atomic E-state index is 10.7. The van der Waals surface area contributed by atoms with Gasteiger partial charge in [-0.2, -0.15) is 0 Å². The molecule has 1 aliphatic rings. The van der Waals surface area contributed by atoms with Crippen molar-refractivity contribution < 1.29 is 9.53 Å². The zero-order chi connectivity index (χ0) is 11.5. The Balaban J connectivity index is 2.25. The number of ether oxygens (including phenoxy) is 1. The number of hydrogen-bond acceptors (Lipinski definition) is 3. The Morgan fingerprint density at radius 1 is 1.50 bits per heavy atom. The molecule has 0 saturated carbocycles. The molecule has 1 aromatic carbocycles. The van der Waals surface area contributed by atoms with Gasteiger partial charge < -0.3 is 16.2 Å². The Hall–Kier alpha value is -1.55. The van der Waals surface area contributed by atoms with Crippen LogP contribution in [0.3, 0.4) is 0 Å². The quantitative estimate of drug-likeness (QED) is 0.794. The maximum absolute atomic E-state index is 10.7. The summed E-state index contributed by atoms with van der Waals surface area (Å²) in [5, 5.41) is 0. The van der Waals surface area contributed by atoms with Crippen LogP contribution in [0.5, 0.6) is 5.75 Å². The van der Waals surface area contributed by atoms with Crippen molar-refractivity contribution in [3.8, 4) is 5.75 Å². The predicted molar refractivity (Wildman–Crippen MR) is 61.0 cm³/mol. The average molecular weight is 220 g/mol. The van der Waals surface area contributed by atoms with Crippen molar-refractivity contribution in [2.24, 2.45) is 11.5 Å². The molecule has 4 N–H and O–H groups in total. The van der Waals surface area contributed by atoms with Crippen molar-refractivity contribution in [2.45, 2.75) is 25.3 Å². The Morgan fingerprint density at radius 3 is 3.06 bits per heavy atom. The highest BCUT2D eigenvalue weighted by molar-refractivity contribution is 5.75. The molecule has 16 heavy (non-hydrogen) atoms. The molecule has 1 unspecified atom stereocenters. The number of carbonyl (C=O) groups excluding carboxylic acids is 1. The third kappa shape index (κ3) is 2.17. The Labute approximate surface area is 94.6 Å². The summed E-state index contributed by atoms with van der Waals surface area (Å²) < 4.78 is 5.38. The second kappa shape index (κ2) is 4.53. The molecule has 0 heterocycles. The van der Waals surface area contributed by atoms with Crippen molar-refractivity contribution in [1.29, 1.82) is 0 Å². The molecule has 0 bridgehead atoms. The van der Waals surface area contributed by atoms with E-state index in [9.17, 15) is 4.79 Å². The number of carbonyl (C=O) groups is 1. The second-order valence-corrected chi connectivity index (χ2v) is 4.08. The van der Waals surface area contributed by atoms with Gasteiger partial charge in [0.05, 0.1) is 0 Å². The van der Waals surface area contributed by atoms with E-state index in [2.05, 4.69) is 0 Å². The molecular formula is C12H16N2O2. The lowest BCUT2D eigenvalue weighted by molar-refractivity contribution is -0.119. The fourth-order valence-corrected chi connectivity index (χ4v) is 2.14. The Morgan fingerprint density at radius 2 is 2.31 bits per heavy atom. The summed E-state index contributed by atoms with van der Waals surface area (Å²) in [5.41, 5.74) is 13.3. The first-order chi connectivity index (χ1) is 7.68. The molecule has 1 atom stereocenters. The normalized spacial score (nSPS) is 18.9. The molecule has 0 aliphatic heterocycles. The first-order valence-corrected chi connectivity index (χ1v) is 5.47. The number of primary amides is 1. The van der Waals surface area contributed by atoms with Crippen LogP contribution in [0.2, 0.25) is 0 Å². The molecule has 0 aromatic heterocycles. The highest BCUT2D eigenvalue weighted by atomic mass is 16.5. The minimum Gasteiger partial charge on any atom is -0.483 e. The number of fused-ring (bicyclic) bond motifs is 1. The van der Waals surface area contributed by atoms with E-state index in [1.807, 2.05) is 18.2 Å². The lowest BCUT2D eigenvalue weighted by atomic mass is 9.88. The van der Waals surface area contributed by atoms with Crippen molar-refractivity contribution in [1.82, 2.24) is 0 Å². The SMILES string of the molecule is NC(=O)COc1cccc2c1CCCC2N. The molecular weight excluding hydrogens is 204 g/mol. The molecule has 4 heteroatoms. The molecule has 0 saturated heterocycles. The lowest BCUT2D eigenvalue weighted by Crippen LogP contribution is -2.22. The summed E-state index contributed by atoms with van der Waals surface area (Å²) in [6.07, 6.45) is 3.02. The number of amides is 1. The van der Waals surface area contributed by atoms with E-state index in [1.165, 1.54) is 0 Å². The van der Waals surface area contributed by atoms with Gasteiger partial charge >= 0.3 is 0 Å². The van der Waals surface area contributed by atoms with E-state index >= 15 is 0 Å². The van der Waals surface area contributed by atoms with Crippen molar-refractivity contribution in [2.75, 3.05) is 6.61 Å². The summed E-state index contributed by atoms with van der Waals surface area (Å²) in [7, 11) is 0. The third-order valence-electron chi connectivity index (χ3n) is 2.88. The standard InChI is InChI=1S/C12H16N2O2/c13-10-5-1-4-9-8(10)3-2-6-11(9)16-7-12(14)15/h2-3,6,10H,1,4-5,7,13H2,(H2,14,15). The molecule has 0 fully saturated rings. The Kier molecular flexibility index (Phi) is 3.10.